The predicted molar refractivity (Wildman–Crippen MR) is 44.2 cm³/mol. The minimum absolute atomic E-state index is 0.392. The average molecular weight is 160 g/mol. The Morgan fingerprint density at radius 3 is 2.60 bits per heavy atom. The van der Waals surface area contributed by atoms with Gasteiger partial charge in [-0.25, -0.2) is 0 Å². The molecule has 1 unspecified atom stereocenters. The van der Waals surface area contributed by atoms with Crippen LogP contribution in [0.2, 0.25) is 0 Å². The van der Waals surface area contributed by atoms with Crippen molar-refractivity contribution < 1.29 is 7.58 Å². The summed E-state index contributed by atoms with van der Waals surface area (Å²) in [6.45, 7) is 7.18. The van der Waals surface area contributed by atoms with Gasteiger partial charge in [0.2, 0.25) is 0 Å². The number of hydrogen-bond acceptors (Lipinski definition) is 2. The third-order valence-electron chi connectivity index (χ3n) is 1.36. The molecule has 0 aliphatic heterocycles. The first-order valence-electron chi connectivity index (χ1n) is 4.00. The molecule has 0 saturated carbocycles. The van der Waals surface area contributed by atoms with E-state index in [1.807, 2.05) is 0 Å². The molecule has 0 fully saturated rings. The molecule has 0 radical (unpaired) electrons. The quantitative estimate of drug-likeness (QED) is 0.433. The highest BCUT2D eigenvalue weighted by Gasteiger charge is 2.01. The van der Waals surface area contributed by atoms with E-state index in [0.29, 0.717) is 6.10 Å². The molecule has 2 nitrogen and oxygen atoms in total. The summed E-state index contributed by atoms with van der Waals surface area (Å²) in [7, 11) is 0. The fraction of sp³-hybridized carbons (Fsp3) is 1.00. The Morgan fingerprint density at radius 1 is 1.40 bits per heavy atom. The lowest BCUT2D eigenvalue weighted by Gasteiger charge is -2.09. The van der Waals surface area contributed by atoms with Crippen molar-refractivity contribution in [3.05, 3.63) is 0 Å². The molecule has 10 heavy (non-hydrogen) atoms. The van der Waals surface area contributed by atoms with Crippen LogP contribution in [0.3, 0.4) is 0 Å². The maximum absolute atomic E-state index is 5.41. The minimum Gasteiger partial charge on any atom is -0.481 e. The third-order valence-corrected chi connectivity index (χ3v) is 2.52. The van der Waals surface area contributed by atoms with Crippen LogP contribution in [-0.2, 0) is 7.58 Å². The van der Waals surface area contributed by atoms with Gasteiger partial charge in [0.1, 0.15) is 0 Å². The van der Waals surface area contributed by atoms with Gasteiger partial charge >= 0.3 is 15.9 Å². The van der Waals surface area contributed by atoms with Gasteiger partial charge in [0.05, 0.1) is 0 Å². The molecule has 1 atom stereocenters. The number of hydrogen-bond donors (Lipinski definition) is 0. The lowest BCUT2D eigenvalue weighted by molar-refractivity contribution is 0.165. The fourth-order valence-electron chi connectivity index (χ4n) is 0.485. The first-order valence-corrected chi connectivity index (χ1v) is 5.16. The molecule has 0 rings (SSSR count). The van der Waals surface area contributed by atoms with E-state index in [9.17, 15) is 0 Å². The van der Waals surface area contributed by atoms with E-state index in [1.54, 1.807) is 0 Å². The SMILES string of the molecule is CCC[O][AlH][O]C(C)CC. The molecule has 3 heteroatoms. The van der Waals surface area contributed by atoms with Gasteiger partial charge in [0.15, 0.2) is 0 Å². The van der Waals surface area contributed by atoms with Crippen molar-refractivity contribution in [1.29, 1.82) is 0 Å². The van der Waals surface area contributed by atoms with Crippen molar-refractivity contribution in [2.24, 2.45) is 0 Å². The van der Waals surface area contributed by atoms with E-state index >= 15 is 0 Å². The summed E-state index contributed by atoms with van der Waals surface area (Å²) >= 11 is -0.658. The van der Waals surface area contributed by atoms with Gasteiger partial charge in [-0.1, -0.05) is 13.8 Å². The standard InChI is InChI=1S/C4H9O.C3H7O.Al.H/c1-3-4(2)5;1-2-3-4;;/h4H,3H2,1-2H3;2-3H2,1H3;;/q2*-1;+2;. The van der Waals surface area contributed by atoms with Crippen LogP contribution in [0.1, 0.15) is 33.6 Å². The van der Waals surface area contributed by atoms with Crippen molar-refractivity contribution >= 4 is 15.9 Å². The van der Waals surface area contributed by atoms with Gasteiger partial charge in [-0.15, -0.1) is 0 Å². The van der Waals surface area contributed by atoms with Gasteiger partial charge in [-0.2, -0.15) is 0 Å². The Bertz CT molecular complexity index is 68.6. The Labute approximate surface area is 70.3 Å². The molecule has 0 bridgehead atoms. The summed E-state index contributed by atoms with van der Waals surface area (Å²) in [5.41, 5.74) is 0. The molecule has 0 aromatic carbocycles. The first kappa shape index (κ1) is 10.5. The van der Waals surface area contributed by atoms with E-state index in [4.69, 9.17) is 7.58 Å². The Morgan fingerprint density at radius 2 is 2.10 bits per heavy atom. The van der Waals surface area contributed by atoms with Crippen LogP contribution >= 0.6 is 0 Å². The van der Waals surface area contributed by atoms with Gasteiger partial charge in [-0.05, 0) is 19.8 Å². The lowest BCUT2D eigenvalue weighted by Crippen LogP contribution is -2.13. The summed E-state index contributed by atoms with van der Waals surface area (Å²) < 4.78 is 10.7. The molecule has 0 saturated heterocycles. The monoisotopic (exact) mass is 160 g/mol. The second kappa shape index (κ2) is 7.56. The molecular weight excluding hydrogens is 143 g/mol. The molecule has 0 aliphatic rings. The van der Waals surface area contributed by atoms with Crippen molar-refractivity contribution in [2.45, 2.75) is 39.7 Å². The van der Waals surface area contributed by atoms with E-state index in [1.165, 1.54) is 0 Å². The van der Waals surface area contributed by atoms with E-state index < -0.39 is 15.9 Å². The Balaban J connectivity index is 2.89. The van der Waals surface area contributed by atoms with Crippen LogP contribution in [0.4, 0.5) is 0 Å². The van der Waals surface area contributed by atoms with Crippen molar-refractivity contribution in [3.63, 3.8) is 0 Å². The maximum Gasteiger partial charge on any atom is 0.649 e. The molecule has 0 aromatic heterocycles. The van der Waals surface area contributed by atoms with Crippen LogP contribution in [0.25, 0.3) is 0 Å². The van der Waals surface area contributed by atoms with Gasteiger partial charge in [0.25, 0.3) is 0 Å². The molecular formula is C7H17AlO2. The van der Waals surface area contributed by atoms with Crippen molar-refractivity contribution in [3.8, 4) is 0 Å². The van der Waals surface area contributed by atoms with E-state index in [0.717, 1.165) is 19.4 Å². The van der Waals surface area contributed by atoms with Crippen LogP contribution in [0.15, 0.2) is 0 Å². The summed E-state index contributed by atoms with van der Waals surface area (Å²) in [6.07, 6.45) is 2.57. The summed E-state index contributed by atoms with van der Waals surface area (Å²) in [5, 5.41) is 0. The summed E-state index contributed by atoms with van der Waals surface area (Å²) in [4.78, 5) is 0. The zero-order valence-corrected chi connectivity index (χ0v) is 8.64. The second-order valence-corrected chi connectivity index (χ2v) is 3.39. The van der Waals surface area contributed by atoms with E-state index in [2.05, 4.69) is 20.8 Å². The highest BCUT2D eigenvalue weighted by Crippen LogP contribution is 1.93. The molecule has 0 amide bonds. The molecule has 60 valence electrons. The van der Waals surface area contributed by atoms with Crippen molar-refractivity contribution in [2.75, 3.05) is 6.61 Å². The van der Waals surface area contributed by atoms with Crippen LogP contribution in [0.5, 0.6) is 0 Å². The van der Waals surface area contributed by atoms with Gasteiger partial charge < -0.3 is 7.58 Å². The Kier molecular flexibility index (Phi) is 7.90. The third kappa shape index (κ3) is 6.57. The molecule has 0 aliphatic carbocycles. The minimum atomic E-state index is -0.658. The van der Waals surface area contributed by atoms with Crippen LogP contribution in [0, 0.1) is 0 Å². The van der Waals surface area contributed by atoms with Crippen LogP contribution < -0.4 is 0 Å². The highest BCUT2D eigenvalue weighted by molar-refractivity contribution is 6.18. The zero-order chi connectivity index (χ0) is 7.82. The Hall–Kier alpha value is 0.452. The van der Waals surface area contributed by atoms with Crippen LogP contribution in [-0.4, -0.2) is 28.6 Å². The number of rotatable bonds is 6. The molecule has 0 aromatic rings. The van der Waals surface area contributed by atoms with Crippen molar-refractivity contribution in [1.82, 2.24) is 0 Å². The first-order chi connectivity index (χ1) is 4.81. The maximum atomic E-state index is 5.41. The summed E-state index contributed by atoms with van der Waals surface area (Å²) in [5.74, 6) is 0. The topological polar surface area (TPSA) is 18.5 Å². The fourth-order valence-corrected chi connectivity index (χ4v) is 1.46. The molecule has 0 N–H and O–H groups in total. The summed E-state index contributed by atoms with van der Waals surface area (Å²) in [6, 6.07) is 0. The molecule has 0 spiro atoms. The lowest BCUT2D eigenvalue weighted by atomic mass is 10.3. The van der Waals surface area contributed by atoms with Gasteiger partial charge in [-0.3, -0.25) is 0 Å². The normalized spacial score (nSPS) is 13.1. The average Bonchev–Trinajstić information content (AvgIpc) is 1.98. The van der Waals surface area contributed by atoms with E-state index in [-0.39, 0.29) is 0 Å². The van der Waals surface area contributed by atoms with Gasteiger partial charge in [0, 0.05) is 12.7 Å². The predicted octanol–water partition coefficient (Wildman–Crippen LogP) is 1.49. The smallest absolute Gasteiger partial charge is 0.481 e. The largest absolute Gasteiger partial charge is 0.649 e. The molecule has 0 heterocycles. The highest BCUT2D eigenvalue weighted by atomic mass is 27.2. The second-order valence-electron chi connectivity index (χ2n) is 2.41. The zero-order valence-electron chi connectivity index (χ0n) is 7.22.